The molecule has 0 saturated carbocycles. The molecule has 0 spiro atoms. The molecule has 288 valence electrons. The third kappa shape index (κ3) is 10.7. The molecule has 2 heterocycles. The lowest BCUT2D eigenvalue weighted by Gasteiger charge is -2.32. The van der Waals surface area contributed by atoms with Crippen molar-refractivity contribution in [3.63, 3.8) is 0 Å². The lowest BCUT2D eigenvalue weighted by molar-refractivity contribution is -0.167. The first-order chi connectivity index (χ1) is 25.8. The van der Waals surface area contributed by atoms with Crippen LogP contribution in [0.5, 0.6) is 0 Å². The van der Waals surface area contributed by atoms with Crippen molar-refractivity contribution in [2.45, 2.75) is 102 Å². The van der Waals surface area contributed by atoms with E-state index in [9.17, 15) is 9.59 Å². The molecule has 0 bridgehead atoms. The Balaban J connectivity index is 0.000000208. The molecule has 6 rings (SSSR count). The summed E-state index contributed by atoms with van der Waals surface area (Å²) in [7, 11) is 0. The lowest BCUT2D eigenvalue weighted by Crippen LogP contribution is -2.36. The Kier molecular flexibility index (Phi) is 13.5. The third-order valence-corrected chi connectivity index (χ3v) is 9.51. The number of ether oxygens (including phenoxy) is 6. The molecule has 2 N–H and O–H groups in total. The van der Waals surface area contributed by atoms with Crippen LogP contribution in [0.4, 0.5) is 21.0 Å². The molecule has 2 saturated heterocycles. The summed E-state index contributed by atoms with van der Waals surface area (Å²) in [6.07, 6.45) is 1.61. The highest BCUT2D eigenvalue weighted by molar-refractivity contribution is 5.84. The maximum atomic E-state index is 11.9. The number of carbonyl (C=O) groups excluding carboxylic acids is 2. The molecule has 2 fully saturated rings. The fourth-order valence-corrected chi connectivity index (χ4v) is 7.31. The molecule has 0 aliphatic carbocycles. The average molecular weight is 739 g/mol. The third-order valence-electron chi connectivity index (χ3n) is 9.51. The summed E-state index contributed by atoms with van der Waals surface area (Å²) in [4.78, 5) is 23.9. The monoisotopic (exact) mass is 738 g/mol. The molecule has 2 aliphatic rings. The quantitative estimate of drug-likeness (QED) is 0.138. The fraction of sp³-hybridized carbons (Fsp3) is 0.409. The van der Waals surface area contributed by atoms with Gasteiger partial charge < -0.3 is 28.4 Å². The standard InChI is InChI=1S/2C22H27NO4/c2*1-17-22(27-21(2,3)26-17,18-11-6-4-7-12-18)15-10-16-25-20(24)23-19-13-8-5-9-14-19/h2*4-9,11-14,17H,10,15-16H2,1-3H3,(H,23,24)/t2*17-,22+/m10/s1. The van der Waals surface area contributed by atoms with E-state index in [0.717, 1.165) is 11.1 Å². The molecular formula is C44H54N2O8. The Bertz CT molecular complexity index is 1630. The van der Waals surface area contributed by atoms with Crippen molar-refractivity contribution < 1.29 is 38.0 Å². The highest BCUT2D eigenvalue weighted by atomic mass is 16.8. The van der Waals surface area contributed by atoms with Gasteiger partial charge in [-0.05, 0) is 103 Å². The normalized spacial score (nSPS) is 23.7. The summed E-state index contributed by atoms with van der Waals surface area (Å²) in [6, 6.07) is 38.7. The van der Waals surface area contributed by atoms with E-state index in [1.807, 2.05) is 139 Å². The van der Waals surface area contributed by atoms with Gasteiger partial charge in [-0.3, -0.25) is 10.6 Å². The number of benzene rings is 4. The second kappa shape index (κ2) is 18.1. The van der Waals surface area contributed by atoms with Gasteiger partial charge in [0.05, 0.1) is 25.4 Å². The highest BCUT2D eigenvalue weighted by Crippen LogP contribution is 2.47. The van der Waals surface area contributed by atoms with E-state index >= 15 is 0 Å². The minimum absolute atomic E-state index is 0.104. The number of nitrogens with one attached hydrogen (secondary N) is 2. The smallest absolute Gasteiger partial charge is 0.411 e. The van der Waals surface area contributed by atoms with Crippen LogP contribution in [-0.4, -0.2) is 49.2 Å². The number of carbonyl (C=O) groups is 2. The number of hydrogen-bond donors (Lipinski definition) is 2. The van der Waals surface area contributed by atoms with Crippen molar-refractivity contribution in [3.05, 3.63) is 132 Å². The van der Waals surface area contributed by atoms with E-state index in [1.54, 1.807) is 0 Å². The highest BCUT2D eigenvalue weighted by Gasteiger charge is 2.52. The van der Waals surface area contributed by atoms with Gasteiger partial charge in [-0.15, -0.1) is 0 Å². The maximum absolute atomic E-state index is 11.9. The van der Waals surface area contributed by atoms with Crippen molar-refractivity contribution in [1.82, 2.24) is 0 Å². The molecule has 2 aliphatic heterocycles. The van der Waals surface area contributed by atoms with E-state index < -0.39 is 35.0 Å². The number of anilines is 2. The van der Waals surface area contributed by atoms with Gasteiger partial charge in [-0.1, -0.05) is 97.1 Å². The topological polar surface area (TPSA) is 114 Å². The maximum Gasteiger partial charge on any atom is 0.411 e. The number of para-hydroxylation sites is 2. The molecule has 0 aromatic heterocycles. The Morgan fingerprint density at radius 2 is 0.852 bits per heavy atom. The molecule has 4 atom stereocenters. The van der Waals surface area contributed by atoms with Crippen LogP contribution in [-0.2, 0) is 39.6 Å². The van der Waals surface area contributed by atoms with Crippen LogP contribution in [0.25, 0.3) is 0 Å². The van der Waals surface area contributed by atoms with Crippen LogP contribution in [0.3, 0.4) is 0 Å². The van der Waals surface area contributed by atoms with Crippen molar-refractivity contribution in [2.75, 3.05) is 23.8 Å². The largest absolute Gasteiger partial charge is 0.449 e. The number of amides is 2. The molecule has 10 heteroatoms. The Morgan fingerprint density at radius 3 is 1.15 bits per heavy atom. The summed E-state index contributed by atoms with van der Waals surface area (Å²) in [5, 5.41) is 5.43. The second-order valence-corrected chi connectivity index (χ2v) is 14.5. The zero-order valence-electron chi connectivity index (χ0n) is 32.2. The minimum Gasteiger partial charge on any atom is -0.449 e. The van der Waals surface area contributed by atoms with Crippen LogP contribution in [0.15, 0.2) is 121 Å². The number of rotatable bonds is 12. The zero-order valence-corrected chi connectivity index (χ0v) is 32.2. The predicted molar refractivity (Wildman–Crippen MR) is 209 cm³/mol. The first-order valence-corrected chi connectivity index (χ1v) is 18.7. The molecule has 10 nitrogen and oxygen atoms in total. The van der Waals surface area contributed by atoms with Crippen molar-refractivity contribution in [2.24, 2.45) is 0 Å². The van der Waals surface area contributed by atoms with Gasteiger partial charge in [-0.2, -0.15) is 0 Å². The van der Waals surface area contributed by atoms with Gasteiger partial charge in [0.15, 0.2) is 11.6 Å². The van der Waals surface area contributed by atoms with Gasteiger partial charge in [0.2, 0.25) is 0 Å². The first-order valence-electron chi connectivity index (χ1n) is 18.7. The van der Waals surface area contributed by atoms with E-state index in [0.29, 0.717) is 50.3 Å². The summed E-state index contributed by atoms with van der Waals surface area (Å²) < 4.78 is 35.4. The summed E-state index contributed by atoms with van der Waals surface area (Å²) in [6.45, 7) is 12.4. The average Bonchev–Trinajstić information content (AvgIpc) is 3.55. The molecule has 0 unspecified atom stereocenters. The zero-order chi connectivity index (χ0) is 38.7. The summed E-state index contributed by atoms with van der Waals surface area (Å²) in [5.41, 5.74) is 2.49. The van der Waals surface area contributed by atoms with E-state index in [1.165, 1.54) is 0 Å². The molecule has 0 radical (unpaired) electrons. The fourth-order valence-electron chi connectivity index (χ4n) is 7.31. The van der Waals surface area contributed by atoms with E-state index in [-0.39, 0.29) is 12.2 Å². The molecular weight excluding hydrogens is 684 g/mol. The van der Waals surface area contributed by atoms with Gasteiger partial charge in [-0.25, -0.2) is 9.59 Å². The van der Waals surface area contributed by atoms with Crippen LogP contribution in [0.2, 0.25) is 0 Å². The van der Waals surface area contributed by atoms with Crippen molar-refractivity contribution >= 4 is 23.6 Å². The molecule has 4 aromatic carbocycles. The van der Waals surface area contributed by atoms with E-state index in [2.05, 4.69) is 34.9 Å². The summed E-state index contributed by atoms with van der Waals surface area (Å²) >= 11 is 0. The predicted octanol–water partition coefficient (Wildman–Crippen LogP) is 10.2. The first kappa shape index (κ1) is 40.4. The van der Waals surface area contributed by atoms with Gasteiger partial charge in [0.1, 0.15) is 11.2 Å². The van der Waals surface area contributed by atoms with Crippen LogP contribution in [0.1, 0.15) is 78.4 Å². The molecule has 4 aromatic rings. The number of hydrogen-bond acceptors (Lipinski definition) is 8. The van der Waals surface area contributed by atoms with E-state index in [4.69, 9.17) is 28.4 Å². The van der Waals surface area contributed by atoms with Crippen LogP contribution >= 0.6 is 0 Å². The van der Waals surface area contributed by atoms with Crippen molar-refractivity contribution in [3.8, 4) is 0 Å². The Labute approximate surface area is 319 Å². The van der Waals surface area contributed by atoms with Gasteiger partial charge >= 0.3 is 12.2 Å². The Morgan fingerprint density at radius 1 is 0.537 bits per heavy atom. The van der Waals surface area contributed by atoms with Crippen molar-refractivity contribution in [1.29, 1.82) is 0 Å². The summed E-state index contributed by atoms with van der Waals surface area (Å²) in [5.74, 6) is -1.30. The second-order valence-electron chi connectivity index (χ2n) is 14.5. The lowest BCUT2D eigenvalue weighted by atomic mass is 9.85. The Hall–Kier alpha value is -4.74. The molecule has 2 amide bonds. The van der Waals surface area contributed by atoms with Crippen LogP contribution < -0.4 is 10.6 Å². The van der Waals surface area contributed by atoms with Crippen LogP contribution in [0, 0.1) is 0 Å². The van der Waals surface area contributed by atoms with Gasteiger partial charge in [0, 0.05) is 11.4 Å². The molecule has 54 heavy (non-hydrogen) atoms. The SMILES string of the molecule is C[C@@H]1OC(C)(C)O[C@@]1(CCCOC(=O)Nc1ccccc1)c1ccccc1.C[C@H]1OC(C)(C)O[C@]1(CCCOC(=O)Nc1ccccc1)c1ccccc1. The van der Waals surface area contributed by atoms with Gasteiger partial charge in [0.25, 0.3) is 0 Å². The minimum atomic E-state index is -0.652.